The molecule has 8 nitrogen and oxygen atoms in total. The number of nitrogens with one attached hydrogen (secondary N) is 2. The van der Waals surface area contributed by atoms with Gasteiger partial charge in [-0.25, -0.2) is 0 Å². The third kappa shape index (κ3) is 4.61. The molecule has 0 spiro atoms. The van der Waals surface area contributed by atoms with E-state index in [0.29, 0.717) is 34.4 Å². The van der Waals surface area contributed by atoms with Crippen molar-refractivity contribution in [3.05, 3.63) is 63.2 Å². The lowest BCUT2D eigenvalue weighted by Crippen LogP contribution is -2.43. The molecule has 0 radical (unpaired) electrons. The van der Waals surface area contributed by atoms with Crippen LogP contribution in [0.1, 0.15) is 72.9 Å². The summed E-state index contributed by atoms with van der Waals surface area (Å²) in [6.45, 7) is 9.75. The molecule has 1 atom stereocenters. The van der Waals surface area contributed by atoms with Gasteiger partial charge in [-0.1, -0.05) is 25.1 Å². The average Bonchev–Trinajstić information content (AvgIpc) is 3.59. The number of hydrogen-bond acceptors (Lipinski definition) is 4. The van der Waals surface area contributed by atoms with Crippen LogP contribution in [-0.2, 0) is 11.3 Å². The Kier molecular flexibility index (Phi) is 6.84. The number of aromatic nitrogens is 2. The van der Waals surface area contributed by atoms with Crippen LogP contribution in [0.15, 0.2) is 35.1 Å². The van der Waals surface area contributed by atoms with Crippen molar-refractivity contribution in [1.29, 1.82) is 0 Å². The van der Waals surface area contributed by atoms with E-state index in [1.165, 1.54) is 7.11 Å². The van der Waals surface area contributed by atoms with Crippen molar-refractivity contribution in [3.63, 3.8) is 0 Å². The summed E-state index contributed by atoms with van der Waals surface area (Å²) in [5.41, 5.74) is 3.26. The van der Waals surface area contributed by atoms with E-state index in [4.69, 9.17) is 4.74 Å². The lowest BCUT2D eigenvalue weighted by atomic mass is 9.89. The predicted molar refractivity (Wildman–Crippen MR) is 148 cm³/mol. The monoisotopic (exact) mass is 518 g/mol. The smallest absolute Gasteiger partial charge is 0.256 e. The largest absolute Gasteiger partial charge is 0.496 e. The number of para-hydroxylation sites is 1. The van der Waals surface area contributed by atoms with Gasteiger partial charge in [0.15, 0.2) is 0 Å². The van der Waals surface area contributed by atoms with Crippen molar-refractivity contribution in [3.8, 4) is 5.75 Å². The number of methoxy groups -OCH3 is 1. The molecule has 1 saturated heterocycles. The van der Waals surface area contributed by atoms with Gasteiger partial charge in [-0.15, -0.1) is 0 Å². The number of rotatable bonds is 7. The van der Waals surface area contributed by atoms with Crippen LogP contribution in [0.3, 0.4) is 0 Å². The molecule has 1 aliphatic carbocycles. The van der Waals surface area contributed by atoms with Crippen LogP contribution >= 0.6 is 0 Å². The molecule has 1 aliphatic heterocycles. The van der Waals surface area contributed by atoms with E-state index in [1.807, 2.05) is 25.1 Å². The van der Waals surface area contributed by atoms with Gasteiger partial charge in [-0.05, 0) is 64.5 Å². The standard InChI is InChI=1S/C30H38N4O4/c1-18-16-25(38-5)23(27(35)32-18)17-31-28(36)26-20(3)34(24-9-7-6-8-22(24)26)19(2)21-10-14-33(15-11-21)29(37)30(4)12-13-30/h6-9,16,19,21H,10-15,17H2,1-5H3,(H,31,36)(H,32,35)/t19-/m1/s1. The lowest BCUT2D eigenvalue weighted by molar-refractivity contribution is -0.138. The van der Waals surface area contributed by atoms with E-state index >= 15 is 0 Å². The third-order valence-corrected chi connectivity index (χ3v) is 8.69. The maximum atomic E-state index is 13.5. The van der Waals surface area contributed by atoms with E-state index in [2.05, 4.69) is 39.7 Å². The maximum Gasteiger partial charge on any atom is 0.256 e. The number of piperidine rings is 1. The van der Waals surface area contributed by atoms with Gasteiger partial charge in [0.05, 0.1) is 24.8 Å². The number of pyridine rings is 1. The first-order valence-electron chi connectivity index (χ1n) is 13.6. The summed E-state index contributed by atoms with van der Waals surface area (Å²) in [6.07, 6.45) is 3.91. The molecule has 2 amide bonds. The fourth-order valence-corrected chi connectivity index (χ4v) is 6.07. The van der Waals surface area contributed by atoms with E-state index in [9.17, 15) is 14.4 Å². The molecular weight excluding hydrogens is 480 g/mol. The molecule has 3 heterocycles. The van der Waals surface area contributed by atoms with Gasteiger partial charge in [0.1, 0.15) is 5.75 Å². The average molecular weight is 519 g/mol. The predicted octanol–water partition coefficient (Wildman–Crippen LogP) is 4.48. The highest BCUT2D eigenvalue weighted by molar-refractivity contribution is 6.08. The van der Waals surface area contributed by atoms with Crippen LogP contribution in [0.5, 0.6) is 5.75 Å². The quantitative estimate of drug-likeness (QED) is 0.482. The summed E-state index contributed by atoms with van der Waals surface area (Å²) >= 11 is 0. The molecular formula is C30H38N4O4. The molecule has 8 heteroatoms. The van der Waals surface area contributed by atoms with E-state index in [0.717, 1.165) is 55.4 Å². The van der Waals surface area contributed by atoms with Gasteiger partial charge in [0.25, 0.3) is 11.5 Å². The van der Waals surface area contributed by atoms with Crippen molar-refractivity contribution in [2.75, 3.05) is 20.2 Å². The Labute approximate surface area is 223 Å². The van der Waals surface area contributed by atoms with E-state index in [1.54, 1.807) is 13.0 Å². The number of benzene rings is 1. The number of carbonyl (C=O) groups excluding carboxylic acids is 2. The summed E-state index contributed by atoms with van der Waals surface area (Å²) in [4.78, 5) is 43.7. The second-order valence-electron chi connectivity index (χ2n) is 11.3. The molecule has 2 aromatic heterocycles. The Morgan fingerprint density at radius 1 is 1.18 bits per heavy atom. The summed E-state index contributed by atoms with van der Waals surface area (Å²) in [5.74, 6) is 0.964. The van der Waals surface area contributed by atoms with Crippen molar-refractivity contribution in [2.24, 2.45) is 11.3 Å². The highest BCUT2D eigenvalue weighted by Crippen LogP contribution is 2.47. The summed E-state index contributed by atoms with van der Waals surface area (Å²) in [5, 5.41) is 3.85. The number of nitrogens with zero attached hydrogens (tertiary/aromatic N) is 2. The van der Waals surface area contributed by atoms with Crippen LogP contribution in [0.4, 0.5) is 0 Å². The van der Waals surface area contributed by atoms with Crippen LogP contribution in [-0.4, -0.2) is 46.5 Å². The number of aromatic amines is 1. The van der Waals surface area contributed by atoms with Crippen LogP contribution in [0.25, 0.3) is 10.9 Å². The van der Waals surface area contributed by atoms with Gasteiger partial charge in [0.2, 0.25) is 5.91 Å². The molecule has 0 bridgehead atoms. The van der Waals surface area contributed by atoms with Crippen LogP contribution < -0.4 is 15.6 Å². The first kappa shape index (κ1) is 26.1. The SMILES string of the molecule is COc1cc(C)[nH]c(=O)c1CNC(=O)c1c(C)n([C@H](C)C2CCN(C(=O)C3(C)CC3)CC2)c2ccccc12. The van der Waals surface area contributed by atoms with Crippen molar-refractivity contribution in [2.45, 2.75) is 66.0 Å². The number of carbonyl (C=O) groups is 2. The third-order valence-electron chi connectivity index (χ3n) is 8.69. The molecule has 2 N–H and O–H groups in total. The molecule has 202 valence electrons. The highest BCUT2D eigenvalue weighted by Gasteiger charge is 2.47. The molecule has 38 heavy (non-hydrogen) atoms. The van der Waals surface area contributed by atoms with Crippen molar-refractivity contribution >= 4 is 22.7 Å². The minimum Gasteiger partial charge on any atom is -0.496 e. The number of aryl methyl sites for hydroxylation is 1. The Hall–Kier alpha value is -3.55. The zero-order valence-corrected chi connectivity index (χ0v) is 23.0. The first-order valence-corrected chi connectivity index (χ1v) is 13.6. The van der Waals surface area contributed by atoms with Crippen molar-refractivity contribution in [1.82, 2.24) is 19.8 Å². The van der Waals surface area contributed by atoms with Crippen LogP contribution in [0, 0.1) is 25.2 Å². The fraction of sp³-hybridized carbons (Fsp3) is 0.500. The zero-order valence-electron chi connectivity index (χ0n) is 23.0. The Balaban J connectivity index is 1.37. The molecule has 2 fully saturated rings. The maximum absolute atomic E-state index is 13.5. The number of ether oxygens (including phenoxy) is 1. The second-order valence-corrected chi connectivity index (χ2v) is 11.3. The molecule has 2 aliphatic rings. The summed E-state index contributed by atoms with van der Waals surface area (Å²) in [7, 11) is 1.52. The second kappa shape index (κ2) is 9.97. The zero-order chi connectivity index (χ0) is 27.2. The molecule has 3 aromatic rings. The Bertz CT molecular complexity index is 1440. The van der Waals surface area contributed by atoms with E-state index < -0.39 is 0 Å². The summed E-state index contributed by atoms with van der Waals surface area (Å²) in [6, 6.07) is 9.93. The first-order chi connectivity index (χ1) is 18.1. The number of likely N-dealkylation sites (tertiary alicyclic amines) is 1. The fourth-order valence-electron chi connectivity index (χ4n) is 6.07. The number of hydrogen-bond donors (Lipinski definition) is 2. The van der Waals surface area contributed by atoms with Gasteiger partial charge in [-0.2, -0.15) is 0 Å². The van der Waals surface area contributed by atoms with E-state index in [-0.39, 0.29) is 29.5 Å². The molecule has 5 rings (SSSR count). The molecule has 1 saturated carbocycles. The minimum absolute atomic E-state index is 0.0670. The topological polar surface area (TPSA) is 96.4 Å². The van der Waals surface area contributed by atoms with Crippen LogP contribution in [0.2, 0.25) is 0 Å². The Morgan fingerprint density at radius 3 is 2.53 bits per heavy atom. The number of fused-ring (bicyclic) bond motifs is 1. The highest BCUT2D eigenvalue weighted by atomic mass is 16.5. The Morgan fingerprint density at radius 2 is 1.87 bits per heavy atom. The lowest BCUT2D eigenvalue weighted by Gasteiger charge is -2.37. The van der Waals surface area contributed by atoms with Gasteiger partial charge < -0.3 is 24.5 Å². The molecule has 1 aromatic carbocycles. The number of H-pyrrole nitrogens is 1. The minimum atomic E-state index is -0.268. The van der Waals surface area contributed by atoms with Gasteiger partial charge in [0, 0.05) is 46.8 Å². The normalized spacial score (nSPS) is 17.9. The number of amides is 2. The van der Waals surface area contributed by atoms with Gasteiger partial charge in [-0.3, -0.25) is 14.4 Å². The summed E-state index contributed by atoms with van der Waals surface area (Å²) < 4.78 is 7.67. The molecule has 0 unspecified atom stereocenters. The van der Waals surface area contributed by atoms with Gasteiger partial charge >= 0.3 is 0 Å². The van der Waals surface area contributed by atoms with Crippen molar-refractivity contribution < 1.29 is 14.3 Å².